The predicted octanol–water partition coefficient (Wildman–Crippen LogP) is 1.31. The maximum Gasteiger partial charge on any atom is 0.309 e. The summed E-state index contributed by atoms with van der Waals surface area (Å²) >= 11 is 0. The van der Waals surface area contributed by atoms with E-state index in [4.69, 9.17) is 4.74 Å². The standard InChI is InChI=1S/C9H14O3/c1-7(10)6-8-4-2-3-5-12-9(8)11/h8H,2-6H2,1H3. The van der Waals surface area contributed by atoms with Crippen LogP contribution in [0.3, 0.4) is 0 Å². The van der Waals surface area contributed by atoms with E-state index in [0.29, 0.717) is 13.0 Å². The lowest BCUT2D eigenvalue weighted by molar-refractivity contribution is -0.148. The zero-order chi connectivity index (χ0) is 8.97. The van der Waals surface area contributed by atoms with Crippen LogP contribution in [0.15, 0.2) is 0 Å². The summed E-state index contributed by atoms with van der Waals surface area (Å²) in [6, 6.07) is 0. The van der Waals surface area contributed by atoms with Crippen LogP contribution in [-0.2, 0) is 14.3 Å². The molecule has 0 spiro atoms. The Kier molecular flexibility index (Phi) is 3.26. The lowest BCUT2D eigenvalue weighted by atomic mass is 9.98. The Balaban J connectivity index is 2.47. The van der Waals surface area contributed by atoms with Gasteiger partial charge in [-0.3, -0.25) is 4.79 Å². The van der Waals surface area contributed by atoms with Crippen molar-refractivity contribution in [2.24, 2.45) is 5.92 Å². The van der Waals surface area contributed by atoms with E-state index in [9.17, 15) is 9.59 Å². The van der Waals surface area contributed by atoms with Crippen molar-refractivity contribution in [2.45, 2.75) is 32.6 Å². The van der Waals surface area contributed by atoms with Crippen LogP contribution in [-0.4, -0.2) is 18.4 Å². The van der Waals surface area contributed by atoms with Crippen LogP contribution >= 0.6 is 0 Å². The number of cyclic esters (lactones) is 1. The summed E-state index contributed by atoms with van der Waals surface area (Å²) in [5.74, 6) is -0.299. The SMILES string of the molecule is CC(=O)CC1CCCCOC1=O. The lowest BCUT2D eigenvalue weighted by Crippen LogP contribution is -2.18. The minimum absolute atomic E-state index is 0.0684. The minimum atomic E-state index is -0.192. The van der Waals surface area contributed by atoms with Gasteiger partial charge in [-0.05, 0) is 26.2 Å². The second-order valence-electron chi connectivity index (χ2n) is 3.27. The first-order valence-electron chi connectivity index (χ1n) is 4.36. The van der Waals surface area contributed by atoms with Crippen molar-refractivity contribution in [3.63, 3.8) is 0 Å². The quantitative estimate of drug-likeness (QED) is 0.587. The van der Waals surface area contributed by atoms with Gasteiger partial charge < -0.3 is 9.53 Å². The molecule has 3 nitrogen and oxygen atoms in total. The summed E-state index contributed by atoms with van der Waals surface area (Å²) in [5.41, 5.74) is 0. The van der Waals surface area contributed by atoms with Crippen LogP contribution in [0, 0.1) is 5.92 Å². The van der Waals surface area contributed by atoms with Gasteiger partial charge in [-0.15, -0.1) is 0 Å². The number of Topliss-reactive ketones (excluding diaryl/α,β-unsaturated/α-hetero) is 1. The first-order valence-corrected chi connectivity index (χ1v) is 4.36. The third-order valence-corrected chi connectivity index (χ3v) is 2.06. The number of carbonyl (C=O) groups is 2. The van der Waals surface area contributed by atoms with Crippen molar-refractivity contribution < 1.29 is 14.3 Å². The Morgan fingerprint density at radius 3 is 3.00 bits per heavy atom. The molecule has 0 radical (unpaired) electrons. The number of rotatable bonds is 2. The van der Waals surface area contributed by atoms with Crippen LogP contribution in [0.25, 0.3) is 0 Å². The van der Waals surface area contributed by atoms with E-state index in [1.807, 2.05) is 0 Å². The highest BCUT2D eigenvalue weighted by Crippen LogP contribution is 2.18. The molecule has 3 heteroatoms. The average Bonchev–Trinajstić information content (AvgIpc) is 2.16. The molecule has 0 aromatic rings. The molecule has 1 aliphatic rings. The highest BCUT2D eigenvalue weighted by atomic mass is 16.5. The fraction of sp³-hybridized carbons (Fsp3) is 0.778. The largest absolute Gasteiger partial charge is 0.465 e. The first kappa shape index (κ1) is 9.23. The van der Waals surface area contributed by atoms with Crippen LogP contribution in [0.1, 0.15) is 32.6 Å². The summed E-state index contributed by atoms with van der Waals surface area (Å²) in [6.45, 7) is 2.03. The minimum Gasteiger partial charge on any atom is -0.465 e. The Morgan fingerprint density at radius 2 is 2.33 bits per heavy atom. The van der Waals surface area contributed by atoms with Crippen LogP contribution in [0.4, 0.5) is 0 Å². The van der Waals surface area contributed by atoms with E-state index in [1.54, 1.807) is 0 Å². The highest BCUT2D eigenvalue weighted by Gasteiger charge is 2.23. The first-order chi connectivity index (χ1) is 5.70. The maximum absolute atomic E-state index is 11.2. The molecule has 0 N–H and O–H groups in total. The number of hydrogen-bond acceptors (Lipinski definition) is 3. The van der Waals surface area contributed by atoms with Gasteiger partial charge in [-0.25, -0.2) is 0 Å². The Morgan fingerprint density at radius 1 is 1.58 bits per heavy atom. The van der Waals surface area contributed by atoms with Crippen molar-refractivity contribution in [3.8, 4) is 0 Å². The van der Waals surface area contributed by atoms with Gasteiger partial charge in [0.15, 0.2) is 0 Å². The summed E-state index contributed by atoms with van der Waals surface area (Å²) in [7, 11) is 0. The summed E-state index contributed by atoms with van der Waals surface area (Å²) in [4.78, 5) is 21.9. The fourth-order valence-corrected chi connectivity index (χ4v) is 1.43. The molecular formula is C9H14O3. The molecule has 0 aromatic carbocycles. The zero-order valence-electron chi connectivity index (χ0n) is 7.34. The molecule has 0 aromatic heterocycles. The van der Waals surface area contributed by atoms with E-state index < -0.39 is 0 Å². The van der Waals surface area contributed by atoms with E-state index in [2.05, 4.69) is 0 Å². The van der Waals surface area contributed by atoms with Crippen LogP contribution < -0.4 is 0 Å². The van der Waals surface area contributed by atoms with Gasteiger partial charge in [0.2, 0.25) is 0 Å². The Hall–Kier alpha value is -0.860. The maximum atomic E-state index is 11.2. The zero-order valence-corrected chi connectivity index (χ0v) is 7.34. The van der Waals surface area contributed by atoms with Crippen LogP contribution in [0.5, 0.6) is 0 Å². The molecule has 1 atom stereocenters. The molecule has 1 rings (SSSR count). The van der Waals surface area contributed by atoms with Crippen molar-refractivity contribution in [1.82, 2.24) is 0 Å². The van der Waals surface area contributed by atoms with Gasteiger partial charge in [-0.1, -0.05) is 0 Å². The number of esters is 1. The Labute approximate surface area is 72.1 Å². The predicted molar refractivity (Wildman–Crippen MR) is 43.6 cm³/mol. The van der Waals surface area contributed by atoms with Gasteiger partial charge in [0.05, 0.1) is 12.5 Å². The van der Waals surface area contributed by atoms with Crippen molar-refractivity contribution in [2.75, 3.05) is 6.61 Å². The molecule has 0 saturated carbocycles. The molecule has 68 valence electrons. The topological polar surface area (TPSA) is 43.4 Å². The molecule has 1 unspecified atom stereocenters. The number of ether oxygens (including phenoxy) is 1. The van der Waals surface area contributed by atoms with Gasteiger partial charge in [-0.2, -0.15) is 0 Å². The third-order valence-electron chi connectivity index (χ3n) is 2.06. The van der Waals surface area contributed by atoms with Gasteiger partial charge in [0.25, 0.3) is 0 Å². The monoisotopic (exact) mass is 170 g/mol. The molecule has 0 bridgehead atoms. The van der Waals surface area contributed by atoms with E-state index in [0.717, 1.165) is 19.3 Å². The van der Waals surface area contributed by atoms with Crippen molar-refractivity contribution >= 4 is 11.8 Å². The summed E-state index contributed by atoms with van der Waals surface area (Å²) < 4.78 is 4.93. The molecule has 1 fully saturated rings. The van der Waals surface area contributed by atoms with Gasteiger partial charge in [0.1, 0.15) is 5.78 Å². The number of hydrogen-bond donors (Lipinski definition) is 0. The summed E-state index contributed by atoms with van der Waals surface area (Å²) in [6.07, 6.45) is 3.07. The smallest absolute Gasteiger partial charge is 0.309 e. The third kappa shape index (κ3) is 2.64. The second kappa shape index (κ2) is 4.24. The van der Waals surface area contributed by atoms with E-state index in [1.165, 1.54) is 6.92 Å². The highest BCUT2D eigenvalue weighted by molar-refractivity contribution is 5.82. The summed E-state index contributed by atoms with van der Waals surface area (Å²) in [5, 5.41) is 0. The molecule has 12 heavy (non-hydrogen) atoms. The molecule has 0 amide bonds. The molecule has 0 aliphatic carbocycles. The molecule has 1 aliphatic heterocycles. The van der Waals surface area contributed by atoms with Gasteiger partial charge >= 0.3 is 5.97 Å². The van der Waals surface area contributed by atoms with Crippen LogP contribution in [0.2, 0.25) is 0 Å². The van der Waals surface area contributed by atoms with Crippen molar-refractivity contribution in [3.05, 3.63) is 0 Å². The van der Waals surface area contributed by atoms with Gasteiger partial charge in [0, 0.05) is 6.42 Å². The van der Waals surface area contributed by atoms with E-state index in [-0.39, 0.29) is 17.7 Å². The fourth-order valence-electron chi connectivity index (χ4n) is 1.43. The molecule has 1 heterocycles. The molecule has 1 saturated heterocycles. The average molecular weight is 170 g/mol. The number of ketones is 1. The number of carbonyl (C=O) groups excluding carboxylic acids is 2. The Bertz CT molecular complexity index is 186. The second-order valence-corrected chi connectivity index (χ2v) is 3.27. The normalized spacial score (nSPS) is 24.4. The lowest BCUT2D eigenvalue weighted by Gasteiger charge is -2.08. The van der Waals surface area contributed by atoms with E-state index >= 15 is 0 Å². The van der Waals surface area contributed by atoms with Crippen molar-refractivity contribution in [1.29, 1.82) is 0 Å². The molecular weight excluding hydrogens is 156 g/mol.